The molecule has 0 spiro atoms. The molecule has 0 aromatic heterocycles. The highest BCUT2D eigenvalue weighted by Crippen LogP contribution is 2.08. The summed E-state index contributed by atoms with van der Waals surface area (Å²) < 4.78 is 0. The Hall–Kier alpha value is -1.61. The van der Waals surface area contributed by atoms with Crippen LogP contribution in [-0.4, -0.2) is 19.0 Å². The monoisotopic (exact) mass is 218 g/mol. The first-order chi connectivity index (χ1) is 7.63. The van der Waals surface area contributed by atoms with Crippen LogP contribution in [0.4, 0.5) is 0 Å². The number of carbonyl (C=O) groups is 1. The Labute approximate surface area is 96.3 Å². The van der Waals surface area contributed by atoms with E-state index in [1.807, 2.05) is 44.2 Å². The summed E-state index contributed by atoms with van der Waals surface area (Å²) in [6.45, 7) is 4.98. The molecule has 1 aromatic carbocycles. The molecule has 0 bridgehead atoms. The normalized spacial score (nSPS) is 10.7. The number of rotatable bonds is 4. The zero-order chi connectivity index (χ0) is 12.0. The molecule has 0 heterocycles. The fourth-order valence-corrected chi connectivity index (χ4v) is 1.54. The lowest BCUT2D eigenvalue weighted by Crippen LogP contribution is -2.23. The molecule has 0 atom stereocenters. The van der Waals surface area contributed by atoms with Gasteiger partial charge in [0.15, 0.2) is 0 Å². The molecule has 16 heavy (non-hydrogen) atoms. The van der Waals surface area contributed by atoms with Crippen LogP contribution >= 0.6 is 0 Å². The van der Waals surface area contributed by atoms with Crippen LogP contribution in [-0.2, 0) is 0 Å². The number of amides is 1. The molecule has 0 saturated carbocycles. The molecule has 0 saturated heterocycles. The Morgan fingerprint density at radius 2 is 1.88 bits per heavy atom. The Balaban J connectivity index is 2.62. The van der Waals surface area contributed by atoms with Crippen molar-refractivity contribution in [2.75, 3.05) is 13.1 Å². The third-order valence-electron chi connectivity index (χ3n) is 2.17. The van der Waals surface area contributed by atoms with E-state index in [2.05, 4.69) is 5.32 Å². The predicted molar refractivity (Wildman–Crippen MR) is 66.4 cm³/mol. The number of hydrogen-bond acceptors (Lipinski definition) is 2. The highest BCUT2D eigenvalue weighted by atomic mass is 16.1. The molecule has 86 valence electrons. The van der Waals surface area contributed by atoms with Gasteiger partial charge in [0.25, 0.3) is 5.91 Å². The molecule has 3 heteroatoms. The van der Waals surface area contributed by atoms with E-state index < -0.39 is 0 Å². The molecule has 1 amide bonds. The Kier molecular flexibility index (Phi) is 4.73. The Morgan fingerprint density at radius 3 is 2.44 bits per heavy atom. The fraction of sp³-hybridized carbons (Fsp3) is 0.308. The topological polar surface area (TPSA) is 55.1 Å². The van der Waals surface area contributed by atoms with Crippen LogP contribution in [0.1, 0.15) is 21.5 Å². The summed E-state index contributed by atoms with van der Waals surface area (Å²) in [4.78, 5) is 11.7. The SMILES string of the molecule is Cc1cc(C)cc(C(=O)NC/C=C/CN)c1. The minimum Gasteiger partial charge on any atom is -0.349 e. The summed E-state index contributed by atoms with van der Waals surface area (Å²) >= 11 is 0. The lowest BCUT2D eigenvalue weighted by molar-refractivity contribution is 0.0958. The van der Waals surface area contributed by atoms with Gasteiger partial charge in [-0.3, -0.25) is 4.79 Å². The van der Waals surface area contributed by atoms with Gasteiger partial charge in [0.2, 0.25) is 0 Å². The van der Waals surface area contributed by atoms with Crippen molar-refractivity contribution in [3.8, 4) is 0 Å². The summed E-state index contributed by atoms with van der Waals surface area (Å²) in [6, 6.07) is 5.81. The molecule has 0 fully saturated rings. The third-order valence-corrected chi connectivity index (χ3v) is 2.17. The summed E-state index contributed by atoms with van der Waals surface area (Å²) in [6.07, 6.45) is 3.67. The van der Waals surface area contributed by atoms with Crippen molar-refractivity contribution in [1.82, 2.24) is 5.32 Å². The van der Waals surface area contributed by atoms with Crippen LogP contribution in [0.25, 0.3) is 0 Å². The van der Waals surface area contributed by atoms with Crippen LogP contribution in [0, 0.1) is 13.8 Å². The number of benzene rings is 1. The largest absolute Gasteiger partial charge is 0.349 e. The molecule has 1 aromatic rings. The van der Waals surface area contributed by atoms with E-state index >= 15 is 0 Å². The minimum atomic E-state index is -0.0477. The van der Waals surface area contributed by atoms with Gasteiger partial charge in [0, 0.05) is 18.7 Å². The average molecular weight is 218 g/mol. The maximum atomic E-state index is 11.7. The van der Waals surface area contributed by atoms with Crippen molar-refractivity contribution >= 4 is 5.91 Å². The molecule has 0 radical (unpaired) electrons. The van der Waals surface area contributed by atoms with Gasteiger partial charge in [-0.2, -0.15) is 0 Å². The van der Waals surface area contributed by atoms with Crippen LogP contribution in [0.2, 0.25) is 0 Å². The molecule has 0 aliphatic heterocycles. The van der Waals surface area contributed by atoms with Crippen LogP contribution in [0.15, 0.2) is 30.4 Å². The first kappa shape index (κ1) is 12.5. The predicted octanol–water partition coefficient (Wildman–Crippen LogP) is 1.55. The van der Waals surface area contributed by atoms with Crippen molar-refractivity contribution in [2.45, 2.75) is 13.8 Å². The smallest absolute Gasteiger partial charge is 0.251 e. The maximum absolute atomic E-state index is 11.7. The zero-order valence-electron chi connectivity index (χ0n) is 9.79. The van der Waals surface area contributed by atoms with Gasteiger partial charge in [0.05, 0.1) is 0 Å². The summed E-state index contributed by atoms with van der Waals surface area (Å²) in [5.41, 5.74) is 8.20. The van der Waals surface area contributed by atoms with Crippen molar-refractivity contribution in [2.24, 2.45) is 5.73 Å². The van der Waals surface area contributed by atoms with Crippen LogP contribution in [0.5, 0.6) is 0 Å². The van der Waals surface area contributed by atoms with Crippen LogP contribution in [0.3, 0.4) is 0 Å². The summed E-state index contributed by atoms with van der Waals surface area (Å²) in [7, 11) is 0. The van der Waals surface area contributed by atoms with Crippen molar-refractivity contribution in [3.63, 3.8) is 0 Å². The van der Waals surface area contributed by atoms with Gasteiger partial charge in [-0.1, -0.05) is 29.3 Å². The number of nitrogens with two attached hydrogens (primary N) is 1. The van der Waals surface area contributed by atoms with E-state index in [9.17, 15) is 4.79 Å². The van der Waals surface area contributed by atoms with E-state index in [0.717, 1.165) is 11.1 Å². The number of nitrogens with one attached hydrogen (secondary N) is 1. The minimum absolute atomic E-state index is 0.0477. The lowest BCUT2D eigenvalue weighted by Gasteiger charge is -2.05. The van der Waals surface area contributed by atoms with Crippen LogP contribution < -0.4 is 11.1 Å². The molecular weight excluding hydrogens is 200 g/mol. The van der Waals surface area contributed by atoms with Gasteiger partial charge >= 0.3 is 0 Å². The molecule has 0 aliphatic carbocycles. The molecule has 0 unspecified atom stereocenters. The Bertz CT molecular complexity index is 377. The molecule has 0 aliphatic rings. The molecular formula is C13H18N2O. The highest BCUT2D eigenvalue weighted by Gasteiger charge is 2.04. The summed E-state index contributed by atoms with van der Waals surface area (Å²) in [5, 5.41) is 2.81. The van der Waals surface area contributed by atoms with Gasteiger partial charge in [-0.25, -0.2) is 0 Å². The third kappa shape index (κ3) is 3.87. The second-order valence-electron chi connectivity index (χ2n) is 3.79. The quantitative estimate of drug-likeness (QED) is 0.753. The number of aryl methyl sites for hydroxylation is 2. The molecule has 1 rings (SSSR count). The number of hydrogen-bond donors (Lipinski definition) is 2. The average Bonchev–Trinajstić information content (AvgIpc) is 2.22. The van der Waals surface area contributed by atoms with E-state index in [1.54, 1.807) is 0 Å². The zero-order valence-corrected chi connectivity index (χ0v) is 9.79. The van der Waals surface area contributed by atoms with E-state index in [0.29, 0.717) is 18.7 Å². The second kappa shape index (κ2) is 6.08. The van der Waals surface area contributed by atoms with Gasteiger partial charge in [-0.05, 0) is 26.0 Å². The van der Waals surface area contributed by atoms with Gasteiger partial charge < -0.3 is 11.1 Å². The first-order valence-electron chi connectivity index (χ1n) is 5.35. The van der Waals surface area contributed by atoms with E-state index in [1.165, 1.54) is 0 Å². The molecule has 3 nitrogen and oxygen atoms in total. The molecule has 3 N–H and O–H groups in total. The highest BCUT2D eigenvalue weighted by molar-refractivity contribution is 5.94. The Morgan fingerprint density at radius 1 is 1.25 bits per heavy atom. The lowest BCUT2D eigenvalue weighted by atomic mass is 10.1. The van der Waals surface area contributed by atoms with Gasteiger partial charge in [0.1, 0.15) is 0 Å². The van der Waals surface area contributed by atoms with Gasteiger partial charge in [-0.15, -0.1) is 0 Å². The standard InChI is InChI=1S/C13H18N2O/c1-10-7-11(2)9-12(8-10)13(16)15-6-4-3-5-14/h3-4,7-9H,5-6,14H2,1-2H3,(H,15,16)/b4-3+. The first-order valence-corrected chi connectivity index (χ1v) is 5.35. The van der Waals surface area contributed by atoms with E-state index in [4.69, 9.17) is 5.73 Å². The van der Waals surface area contributed by atoms with Crippen molar-refractivity contribution in [3.05, 3.63) is 47.0 Å². The summed E-state index contributed by atoms with van der Waals surface area (Å²) in [5.74, 6) is -0.0477. The fourth-order valence-electron chi connectivity index (χ4n) is 1.54. The van der Waals surface area contributed by atoms with Crippen molar-refractivity contribution in [1.29, 1.82) is 0 Å². The maximum Gasteiger partial charge on any atom is 0.251 e. The second-order valence-corrected chi connectivity index (χ2v) is 3.79. The van der Waals surface area contributed by atoms with E-state index in [-0.39, 0.29) is 5.91 Å². The van der Waals surface area contributed by atoms with Crippen molar-refractivity contribution < 1.29 is 4.79 Å². The number of carbonyl (C=O) groups excluding carboxylic acids is 1.